The molecule has 5 N–H and O–H groups in total. The Morgan fingerprint density at radius 2 is 1.85 bits per heavy atom. The number of carbonyl (C=O) groups is 1. The number of hydrogen-bond acceptors (Lipinski definition) is 5. The van der Waals surface area contributed by atoms with Gasteiger partial charge < -0.3 is 21.3 Å². The fourth-order valence-electron chi connectivity index (χ4n) is 2.81. The number of nitrogens with two attached hydrogens (primary N) is 2. The summed E-state index contributed by atoms with van der Waals surface area (Å²) in [5.74, 6) is -0.184. The summed E-state index contributed by atoms with van der Waals surface area (Å²) in [6, 6.07) is 0. The molecule has 0 radical (unpaired) electrons. The van der Waals surface area contributed by atoms with Gasteiger partial charge in [-0.3, -0.25) is 0 Å². The van der Waals surface area contributed by atoms with Gasteiger partial charge in [-0.15, -0.1) is 0 Å². The van der Waals surface area contributed by atoms with Gasteiger partial charge in [0.05, 0.1) is 6.10 Å². The van der Waals surface area contributed by atoms with Gasteiger partial charge in [-0.2, -0.15) is 0 Å². The molecule has 0 bridgehead atoms. The number of aliphatic hydroxyl groups is 1. The molecule has 2 atom stereocenters. The minimum absolute atomic E-state index is 0.0392. The van der Waals surface area contributed by atoms with Crippen molar-refractivity contribution in [2.75, 3.05) is 6.54 Å². The molecule has 1 rings (SSSR count). The lowest BCUT2D eigenvalue weighted by molar-refractivity contribution is -0.167. The van der Waals surface area contributed by atoms with Crippen molar-refractivity contribution >= 4 is 5.97 Å². The molecule has 0 amide bonds. The monoisotopic (exact) mass is 286 g/mol. The lowest BCUT2D eigenvalue weighted by atomic mass is 9.77. The van der Waals surface area contributed by atoms with Crippen molar-refractivity contribution in [1.29, 1.82) is 0 Å². The summed E-state index contributed by atoms with van der Waals surface area (Å²) in [4.78, 5) is 12.4. The Morgan fingerprint density at radius 1 is 1.30 bits per heavy atom. The van der Waals surface area contributed by atoms with Crippen LogP contribution in [0.4, 0.5) is 0 Å². The van der Waals surface area contributed by atoms with Gasteiger partial charge >= 0.3 is 5.97 Å². The molecule has 118 valence electrons. The summed E-state index contributed by atoms with van der Waals surface area (Å²) in [6.07, 6.45) is 5.04. The summed E-state index contributed by atoms with van der Waals surface area (Å²) >= 11 is 0. The average Bonchev–Trinajstić information content (AvgIpc) is 2.36. The molecule has 0 aromatic carbocycles. The van der Waals surface area contributed by atoms with Crippen molar-refractivity contribution in [3.8, 4) is 0 Å². The second kappa shape index (κ2) is 6.87. The van der Waals surface area contributed by atoms with E-state index < -0.39 is 23.2 Å². The molecular formula is C15H30N2O3. The molecule has 0 aliphatic heterocycles. The van der Waals surface area contributed by atoms with Crippen LogP contribution in [0, 0.1) is 5.92 Å². The third kappa shape index (κ3) is 4.72. The van der Waals surface area contributed by atoms with Crippen LogP contribution in [0.25, 0.3) is 0 Å². The van der Waals surface area contributed by atoms with Crippen LogP contribution in [0.15, 0.2) is 0 Å². The van der Waals surface area contributed by atoms with Crippen LogP contribution >= 0.6 is 0 Å². The van der Waals surface area contributed by atoms with E-state index in [2.05, 4.69) is 0 Å². The average molecular weight is 286 g/mol. The molecule has 0 heterocycles. The van der Waals surface area contributed by atoms with Gasteiger partial charge in [0.15, 0.2) is 0 Å². The Labute approximate surface area is 122 Å². The molecule has 20 heavy (non-hydrogen) atoms. The van der Waals surface area contributed by atoms with Gasteiger partial charge in [0.1, 0.15) is 11.1 Å². The predicted octanol–water partition coefficient (Wildman–Crippen LogP) is 1.32. The second-order valence-electron chi connectivity index (χ2n) is 7.00. The molecule has 5 heteroatoms. The third-order valence-electron chi connectivity index (χ3n) is 3.95. The fraction of sp³-hybridized carbons (Fsp3) is 0.933. The topological polar surface area (TPSA) is 98.6 Å². The molecule has 0 saturated heterocycles. The van der Waals surface area contributed by atoms with Gasteiger partial charge in [-0.25, -0.2) is 4.79 Å². The third-order valence-corrected chi connectivity index (χ3v) is 3.95. The van der Waals surface area contributed by atoms with Gasteiger partial charge in [0.2, 0.25) is 0 Å². The van der Waals surface area contributed by atoms with Crippen LogP contribution < -0.4 is 11.5 Å². The molecule has 1 aliphatic carbocycles. The number of ether oxygens (including phenoxy) is 1. The van der Waals surface area contributed by atoms with Crippen LogP contribution in [-0.2, 0) is 9.53 Å². The quantitative estimate of drug-likeness (QED) is 0.662. The van der Waals surface area contributed by atoms with Crippen molar-refractivity contribution < 1.29 is 14.6 Å². The van der Waals surface area contributed by atoms with Crippen molar-refractivity contribution in [1.82, 2.24) is 0 Å². The lowest BCUT2D eigenvalue weighted by Crippen LogP contribution is -2.62. The maximum absolute atomic E-state index is 12.4. The summed E-state index contributed by atoms with van der Waals surface area (Å²) in [7, 11) is 0. The van der Waals surface area contributed by atoms with E-state index in [1.165, 1.54) is 6.42 Å². The SMILES string of the molecule is CC(C)(C)OC(=O)C(N)(CC1CCCCC1)C(O)CN. The lowest BCUT2D eigenvalue weighted by Gasteiger charge is -2.37. The number of hydrogen-bond donors (Lipinski definition) is 3. The first kappa shape index (κ1) is 17.4. The fourth-order valence-corrected chi connectivity index (χ4v) is 2.81. The van der Waals surface area contributed by atoms with Crippen LogP contribution in [0.3, 0.4) is 0 Å². The van der Waals surface area contributed by atoms with E-state index in [1.807, 2.05) is 0 Å². The molecule has 1 saturated carbocycles. The molecule has 0 spiro atoms. The number of aliphatic hydroxyl groups excluding tert-OH is 1. The zero-order chi connectivity index (χ0) is 15.4. The van der Waals surface area contributed by atoms with Gasteiger partial charge in [0.25, 0.3) is 0 Å². The van der Waals surface area contributed by atoms with E-state index in [0.29, 0.717) is 12.3 Å². The van der Waals surface area contributed by atoms with Gasteiger partial charge in [-0.1, -0.05) is 32.1 Å². The number of rotatable bonds is 5. The first-order valence-corrected chi connectivity index (χ1v) is 7.59. The minimum atomic E-state index is -1.40. The Kier molecular flexibility index (Phi) is 5.98. The van der Waals surface area contributed by atoms with E-state index in [0.717, 1.165) is 25.7 Å². The van der Waals surface area contributed by atoms with Gasteiger partial charge in [-0.05, 0) is 33.1 Å². The van der Waals surface area contributed by atoms with Crippen molar-refractivity contribution in [2.45, 2.75) is 76.5 Å². The van der Waals surface area contributed by atoms with E-state index in [9.17, 15) is 9.90 Å². The molecule has 1 fully saturated rings. The summed E-state index contributed by atoms with van der Waals surface area (Å²) in [5.41, 5.74) is 9.73. The van der Waals surface area contributed by atoms with Crippen LogP contribution in [-0.4, -0.2) is 34.9 Å². The maximum atomic E-state index is 12.4. The van der Waals surface area contributed by atoms with Gasteiger partial charge in [0, 0.05) is 6.54 Å². The summed E-state index contributed by atoms with van der Waals surface area (Å²) < 4.78 is 5.39. The predicted molar refractivity (Wildman–Crippen MR) is 79.0 cm³/mol. The minimum Gasteiger partial charge on any atom is -0.459 e. The summed E-state index contributed by atoms with van der Waals surface area (Å²) in [5, 5.41) is 10.1. The highest BCUT2D eigenvalue weighted by Crippen LogP contribution is 2.32. The normalized spacial score (nSPS) is 22.1. The number of carbonyl (C=O) groups excluding carboxylic acids is 1. The van der Waals surface area contributed by atoms with E-state index in [-0.39, 0.29) is 6.54 Å². The molecule has 2 unspecified atom stereocenters. The smallest absolute Gasteiger partial charge is 0.329 e. The van der Waals surface area contributed by atoms with E-state index in [4.69, 9.17) is 16.2 Å². The molecular weight excluding hydrogens is 256 g/mol. The first-order valence-electron chi connectivity index (χ1n) is 7.59. The van der Waals surface area contributed by atoms with Crippen molar-refractivity contribution in [2.24, 2.45) is 17.4 Å². The van der Waals surface area contributed by atoms with E-state index in [1.54, 1.807) is 20.8 Å². The Hall–Kier alpha value is -0.650. The molecule has 0 aromatic heterocycles. The standard InChI is InChI=1S/C15H30N2O3/c1-14(2,3)20-13(19)15(17,12(18)10-16)9-11-7-5-4-6-8-11/h11-12,18H,4-10,16-17H2,1-3H3. The highest BCUT2D eigenvalue weighted by Gasteiger charge is 2.45. The summed E-state index contributed by atoms with van der Waals surface area (Å²) in [6.45, 7) is 5.34. The van der Waals surface area contributed by atoms with Crippen LogP contribution in [0.2, 0.25) is 0 Å². The maximum Gasteiger partial charge on any atom is 0.329 e. The second-order valence-corrected chi connectivity index (χ2v) is 7.00. The Balaban J connectivity index is 2.81. The molecule has 5 nitrogen and oxygen atoms in total. The highest BCUT2D eigenvalue weighted by atomic mass is 16.6. The van der Waals surface area contributed by atoms with E-state index >= 15 is 0 Å². The van der Waals surface area contributed by atoms with Crippen molar-refractivity contribution in [3.63, 3.8) is 0 Å². The number of esters is 1. The molecule has 0 aromatic rings. The van der Waals surface area contributed by atoms with Crippen molar-refractivity contribution in [3.05, 3.63) is 0 Å². The largest absolute Gasteiger partial charge is 0.459 e. The Bertz CT molecular complexity index is 322. The van der Waals surface area contributed by atoms with Crippen LogP contribution in [0.1, 0.15) is 59.3 Å². The highest BCUT2D eigenvalue weighted by molar-refractivity contribution is 5.82. The molecule has 1 aliphatic rings. The first-order chi connectivity index (χ1) is 9.19. The Morgan fingerprint density at radius 3 is 2.30 bits per heavy atom. The zero-order valence-corrected chi connectivity index (χ0v) is 13.0. The zero-order valence-electron chi connectivity index (χ0n) is 13.0. The van der Waals surface area contributed by atoms with Crippen LogP contribution in [0.5, 0.6) is 0 Å².